The van der Waals surface area contributed by atoms with Gasteiger partial charge in [-0.15, -0.1) is 0 Å². The van der Waals surface area contributed by atoms with Crippen molar-refractivity contribution in [3.63, 3.8) is 0 Å². The highest BCUT2D eigenvalue weighted by atomic mass is 16.3. The predicted octanol–water partition coefficient (Wildman–Crippen LogP) is 0.542. The van der Waals surface area contributed by atoms with E-state index < -0.39 is 0 Å². The van der Waals surface area contributed by atoms with Crippen LogP contribution < -0.4 is 10.6 Å². The highest BCUT2D eigenvalue weighted by molar-refractivity contribution is 6.00. The minimum absolute atomic E-state index is 0.0759. The van der Waals surface area contributed by atoms with Gasteiger partial charge in [0, 0.05) is 24.3 Å². The third-order valence-electron chi connectivity index (χ3n) is 2.70. The molecular weight excluding hydrogens is 190 g/mol. The second-order valence-corrected chi connectivity index (χ2v) is 3.82. The minimum atomic E-state index is -0.259. The van der Waals surface area contributed by atoms with Crippen molar-refractivity contribution in [2.75, 3.05) is 18.0 Å². The summed E-state index contributed by atoms with van der Waals surface area (Å²) in [5, 5.41) is 16.9. The van der Waals surface area contributed by atoms with Crippen LogP contribution >= 0.6 is 0 Å². The Hall–Kier alpha value is -1.55. The fourth-order valence-corrected chi connectivity index (χ4v) is 1.94. The molecule has 0 aromatic heterocycles. The maximum absolute atomic E-state index is 9.46. The maximum atomic E-state index is 9.46. The van der Waals surface area contributed by atoms with Gasteiger partial charge in [-0.3, -0.25) is 5.41 Å². The van der Waals surface area contributed by atoms with Crippen LogP contribution in [-0.2, 0) is 0 Å². The number of nitrogen functional groups attached to an aromatic ring is 1. The minimum Gasteiger partial charge on any atom is -0.391 e. The van der Waals surface area contributed by atoms with Crippen molar-refractivity contribution in [3.05, 3.63) is 29.8 Å². The number of nitrogens with zero attached hydrogens (tertiary/aromatic N) is 1. The number of anilines is 1. The van der Waals surface area contributed by atoms with Crippen LogP contribution in [0.2, 0.25) is 0 Å². The van der Waals surface area contributed by atoms with E-state index in [1.807, 2.05) is 24.3 Å². The van der Waals surface area contributed by atoms with E-state index in [0.29, 0.717) is 6.54 Å². The fourth-order valence-electron chi connectivity index (χ4n) is 1.94. The van der Waals surface area contributed by atoms with Crippen LogP contribution in [0, 0.1) is 5.41 Å². The number of aliphatic hydroxyl groups is 1. The van der Waals surface area contributed by atoms with E-state index in [1.165, 1.54) is 0 Å². The Kier molecular flexibility index (Phi) is 2.60. The van der Waals surface area contributed by atoms with Crippen molar-refractivity contribution in [2.45, 2.75) is 12.5 Å². The number of aliphatic hydroxyl groups excluding tert-OH is 1. The van der Waals surface area contributed by atoms with E-state index in [9.17, 15) is 5.11 Å². The van der Waals surface area contributed by atoms with E-state index in [0.717, 1.165) is 24.2 Å². The maximum Gasteiger partial charge on any atom is 0.124 e. The molecule has 4 N–H and O–H groups in total. The number of rotatable bonds is 2. The molecule has 4 nitrogen and oxygen atoms in total. The second-order valence-electron chi connectivity index (χ2n) is 3.82. The monoisotopic (exact) mass is 205 g/mol. The van der Waals surface area contributed by atoms with Gasteiger partial charge in [0.1, 0.15) is 5.84 Å². The lowest BCUT2D eigenvalue weighted by molar-refractivity contribution is 0.198. The Morgan fingerprint density at radius 3 is 2.80 bits per heavy atom. The third kappa shape index (κ3) is 1.94. The molecule has 0 aliphatic carbocycles. The van der Waals surface area contributed by atoms with Gasteiger partial charge in [-0.25, -0.2) is 0 Å². The van der Waals surface area contributed by atoms with Gasteiger partial charge < -0.3 is 15.7 Å². The summed E-state index contributed by atoms with van der Waals surface area (Å²) < 4.78 is 0. The van der Waals surface area contributed by atoms with Gasteiger partial charge in [-0.2, -0.15) is 0 Å². The molecule has 1 aliphatic rings. The Morgan fingerprint density at radius 2 is 2.20 bits per heavy atom. The topological polar surface area (TPSA) is 73.3 Å². The van der Waals surface area contributed by atoms with E-state index >= 15 is 0 Å². The van der Waals surface area contributed by atoms with Gasteiger partial charge in [-0.05, 0) is 18.6 Å². The van der Waals surface area contributed by atoms with Gasteiger partial charge >= 0.3 is 0 Å². The highest BCUT2D eigenvalue weighted by Crippen LogP contribution is 2.24. The summed E-state index contributed by atoms with van der Waals surface area (Å²) >= 11 is 0. The average Bonchev–Trinajstić information content (AvgIpc) is 2.65. The van der Waals surface area contributed by atoms with Crippen molar-refractivity contribution in [3.8, 4) is 0 Å². The average molecular weight is 205 g/mol. The molecule has 1 aromatic rings. The van der Waals surface area contributed by atoms with Crippen LogP contribution in [0.3, 0.4) is 0 Å². The van der Waals surface area contributed by atoms with Gasteiger partial charge in [-0.1, -0.05) is 12.1 Å². The normalized spacial score (nSPS) is 20.6. The Bertz CT molecular complexity index is 378. The summed E-state index contributed by atoms with van der Waals surface area (Å²) in [7, 11) is 0. The molecule has 1 heterocycles. The predicted molar refractivity (Wildman–Crippen MR) is 60.3 cm³/mol. The zero-order valence-electron chi connectivity index (χ0n) is 8.48. The van der Waals surface area contributed by atoms with Gasteiger partial charge in [0.15, 0.2) is 0 Å². The van der Waals surface area contributed by atoms with Gasteiger partial charge in [0.05, 0.1) is 6.10 Å². The number of nitrogens with one attached hydrogen (secondary N) is 1. The van der Waals surface area contributed by atoms with Crippen molar-refractivity contribution < 1.29 is 5.11 Å². The quantitative estimate of drug-likeness (QED) is 0.487. The molecule has 4 heteroatoms. The Morgan fingerprint density at radius 1 is 1.47 bits per heavy atom. The molecule has 1 unspecified atom stereocenters. The van der Waals surface area contributed by atoms with E-state index in [2.05, 4.69) is 4.90 Å². The first-order chi connectivity index (χ1) is 7.18. The molecule has 80 valence electrons. The Labute approximate surface area is 88.8 Å². The number of hydrogen-bond acceptors (Lipinski definition) is 3. The summed E-state index contributed by atoms with van der Waals surface area (Å²) in [6.07, 6.45) is 0.525. The summed E-state index contributed by atoms with van der Waals surface area (Å²) in [5.41, 5.74) is 7.20. The van der Waals surface area contributed by atoms with Crippen molar-refractivity contribution in [2.24, 2.45) is 5.73 Å². The number of amidine groups is 1. The molecule has 2 rings (SSSR count). The molecule has 1 saturated heterocycles. The van der Waals surface area contributed by atoms with Crippen LogP contribution in [0.4, 0.5) is 5.69 Å². The molecule has 0 spiro atoms. The number of para-hydroxylation sites is 1. The summed E-state index contributed by atoms with van der Waals surface area (Å²) in [6, 6.07) is 7.57. The lowest BCUT2D eigenvalue weighted by Crippen LogP contribution is -2.25. The van der Waals surface area contributed by atoms with Gasteiger partial charge in [0.2, 0.25) is 0 Å². The number of benzene rings is 1. The first-order valence-electron chi connectivity index (χ1n) is 5.05. The molecular formula is C11H15N3O. The van der Waals surface area contributed by atoms with Crippen LogP contribution in [0.5, 0.6) is 0 Å². The van der Waals surface area contributed by atoms with Crippen molar-refractivity contribution >= 4 is 11.5 Å². The number of hydrogen-bond donors (Lipinski definition) is 3. The van der Waals surface area contributed by atoms with Crippen LogP contribution in [0.25, 0.3) is 0 Å². The molecule has 15 heavy (non-hydrogen) atoms. The Balaban J connectivity index is 2.31. The zero-order valence-corrected chi connectivity index (χ0v) is 8.48. The van der Waals surface area contributed by atoms with Crippen molar-refractivity contribution in [1.29, 1.82) is 5.41 Å². The molecule has 1 aromatic carbocycles. The summed E-state index contributed by atoms with van der Waals surface area (Å²) in [5.74, 6) is 0.0759. The number of β-amino-alcohol motifs (C(OH)–C–C–N with tert-alkyl or cyclic N) is 1. The highest BCUT2D eigenvalue weighted by Gasteiger charge is 2.22. The smallest absolute Gasteiger partial charge is 0.124 e. The molecule has 0 radical (unpaired) electrons. The lowest BCUT2D eigenvalue weighted by atomic mass is 10.1. The van der Waals surface area contributed by atoms with E-state index in [4.69, 9.17) is 11.1 Å². The summed E-state index contributed by atoms with van der Waals surface area (Å²) in [4.78, 5) is 2.07. The van der Waals surface area contributed by atoms with Crippen molar-refractivity contribution in [1.82, 2.24) is 0 Å². The third-order valence-corrected chi connectivity index (χ3v) is 2.70. The lowest BCUT2D eigenvalue weighted by Gasteiger charge is -2.20. The fraction of sp³-hybridized carbons (Fsp3) is 0.364. The largest absolute Gasteiger partial charge is 0.391 e. The molecule has 0 saturated carbocycles. The molecule has 1 atom stereocenters. The zero-order chi connectivity index (χ0) is 10.8. The first-order valence-corrected chi connectivity index (χ1v) is 5.05. The standard InChI is InChI=1S/C11H15N3O/c12-11(13)9-3-1-2-4-10(9)14-6-5-8(15)7-14/h1-4,8,15H,5-7H2,(H3,12,13). The second kappa shape index (κ2) is 3.90. The van der Waals surface area contributed by atoms with Crippen LogP contribution in [0.15, 0.2) is 24.3 Å². The van der Waals surface area contributed by atoms with E-state index in [-0.39, 0.29) is 11.9 Å². The first kappa shape index (κ1) is 9.98. The molecule has 0 bridgehead atoms. The van der Waals surface area contributed by atoms with Crippen LogP contribution in [-0.4, -0.2) is 30.1 Å². The summed E-state index contributed by atoms with van der Waals surface area (Å²) in [6.45, 7) is 1.45. The molecule has 1 aliphatic heterocycles. The van der Waals surface area contributed by atoms with Crippen LogP contribution in [0.1, 0.15) is 12.0 Å². The van der Waals surface area contributed by atoms with E-state index in [1.54, 1.807) is 0 Å². The van der Waals surface area contributed by atoms with Gasteiger partial charge in [0.25, 0.3) is 0 Å². The number of nitrogens with two attached hydrogens (primary N) is 1. The molecule has 0 amide bonds. The SMILES string of the molecule is N=C(N)c1ccccc1N1CCC(O)C1. The molecule has 1 fully saturated rings.